The molecule has 1 unspecified atom stereocenters. The number of para-hydroxylation sites is 1. The summed E-state index contributed by atoms with van der Waals surface area (Å²) >= 11 is 0. The van der Waals surface area contributed by atoms with Crippen molar-refractivity contribution in [3.05, 3.63) is 42.2 Å². The van der Waals surface area contributed by atoms with E-state index in [1.807, 2.05) is 41.2 Å². The Bertz CT molecular complexity index is 501. The summed E-state index contributed by atoms with van der Waals surface area (Å²) in [5, 5.41) is 4.57. The van der Waals surface area contributed by atoms with Crippen LogP contribution in [0.1, 0.15) is 18.0 Å². The Balaban J connectivity index is 1.95. The van der Waals surface area contributed by atoms with Crippen LogP contribution in [0.3, 0.4) is 0 Å². The molecule has 1 aromatic heterocycles. The van der Waals surface area contributed by atoms with E-state index < -0.39 is 0 Å². The summed E-state index contributed by atoms with van der Waals surface area (Å²) in [5.41, 5.74) is 8.77. The van der Waals surface area contributed by atoms with Crippen molar-refractivity contribution >= 4 is 5.69 Å². The Morgan fingerprint density at radius 2 is 2.12 bits per heavy atom. The molecule has 4 heteroatoms. The molecule has 2 N–H and O–H groups in total. The van der Waals surface area contributed by atoms with Gasteiger partial charge < -0.3 is 10.5 Å². The summed E-state index contributed by atoms with van der Waals surface area (Å²) in [7, 11) is 0. The Labute approximate surface area is 100 Å². The lowest BCUT2D eigenvalue weighted by atomic mass is 10.0. The fourth-order valence-electron chi connectivity index (χ4n) is 2.18. The van der Waals surface area contributed by atoms with Gasteiger partial charge in [0.2, 0.25) is 0 Å². The van der Waals surface area contributed by atoms with Crippen molar-refractivity contribution in [3.63, 3.8) is 0 Å². The fourth-order valence-corrected chi connectivity index (χ4v) is 2.18. The molecule has 88 valence electrons. The summed E-state index contributed by atoms with van der Waals surface area (Å²) in [4.78, 5) is 0. The Kier molecular flexibility index (Phi) is 2.57. The van der Waals surface area contributed by atoms with Gasteiger partial charge in [-0.2, -0.15) is 5.10 Å². The molecule has 0 saturated carbocycles. The van der Waals surface area contributed by atoms with E-state index in [-0.39, 0.29) is 0 Å². The van der Waals surface area contributed by atoms with E-state index in [9.17, 15) is 0 Å². The van der Waals surface area contributed by atoms with Gasteiger partial charge >= 0.3 is 0 Å². The van der Waals surface area contributed by atoms with Crippen LogP contribution in [0, 0.1) is 0 Å². The lowest BCUT2D eigenvalue weighted by Crippen LogP contribution is -2.03. The quantitative estimate of drug-likeness (QED) is 0.856. The topological polar surface area (TPSA) is 53.1 Å². The second-order valence-corrected chi connectivity index (χ2v) is 4.31. The maximum Gasteiger partial charge on any atom is 0.0912 e. The molecule has 0 radical (unpaired) electrons. The molecular weight excluding hydrogens is 214 g/mol. The maximum absolute atomic E-state index is 6.02. The van der Waals surface area contributed by atoms with Gasteiger partial charge in [-0.3, -0.25) is 0 Å². The molecule has 0 bridgehead atoms. The molecule has 1 atom stereocenters. The van der Waals surface area contributed by atoms with Crippen LogP contribution < -0.4 is 5.73 Å². The number of hydrogen-bond acceptors (Lipinski definition) is 3. The highest BCUT2D eigenvalue weighted by Gasteiger charge is 2.23. The zero-order valence-electron chi connectivity index (χ0n) is 9.54. The Hall–Kier alpha value is -1.81. The zero-order valence-corrected chi connectivity index (χ0v) is 9.54. The first kappa shape index (κ1) is 10.4. The second-order valence-electron chi connectivity index (χ2n) is 4.31. The van der Waals surface area contributed by atoms with Gasteiger partial charge in [0.1, 0.15) is 0 Å². The normalized spacial score (nSPS) is 19.6. The molecule has 1 saturated heterocycles. The van der Waals surface area contributed by atoms with Gasteiger partial charge in [0, 0.05) is 12.5 Å². The van der Waals surface area contributed by atoms with Gasteiger partial charge in [0.05, 0.1) is 29.9 Å². The molecule has 1 fully saturated rings. The molecule has 0 spiro atoms. The minimum atomic E-state index is 0.347. The molecule has 1 aliphatic rings. The molecule has 17 heavy (non-hydrogen) atoms. The Morgan fingerprint density at radius 3 is 2.82 bits per heavy atom. The summed E-state index contributed by atoms with van der Waals surface area (Å²) < 4.78 is 7.21. The molecular formula is C13H15N3O. The predicted octanol–water partition coefficient (Wildman–Crippen LogP) is 1.96. The van der Waals surface area contributed by atoms with Crippen LogP contribution >= 0.6 is 0 Å². The summed E-state index contributed by atoms with van der Waals surface area (Å²) in [6, 6.07) is 10.0. The largest absolute Gasteiger partial charge is 0.396 e. The SMILES string of the molecule is Nc1cn(-c2ccccc2)nc1C1CCOC1. The highest BCUT2D eigenvalue weighted by molar-refractivity contribution is 5.46. The van der Waals surface area contributed by atoms with Crippen molar-refractivity contribution in [2.75, 3.05) is 18.9 Å². The van der Waals surface area contributed by atoms with Crippen LogP contribution in [-0.4, -0.2) is 23.0 Å². The third kappa shape index (κ3) is 1.91. The average molecular weight is 229 g/mol. The highest BCUT2D eigenvalue weighted by atomic mass is 16.5. The van der Waals surface area contributed by atoms with E-state index in [1.54, 1.807) is 0 Å². The number of aromatic nitrogens is 2. The fraction of sp³-hybridized carbons (Fsp3) is 0.308. The first-order valence-electron chi connectivity index (χ1n) is 5.83. The summed E-state index contributed by atoms with van der Waals surface area (Å²) in [6.07, 6.45) is 2.89. The van der Waals surface area contributed by atoms with Crippen molar-refractivity contribution in [2.45, 2.75) is 12.3 Å². The predicted molar refractivity (Wildman–Crippen MR) is 66.2 cm³/mol. The molecule has 1 aromatic carbocycles. The average Bonchev–Trinajstić information content (AvgIpc) is 2.99. The maximum atomic E-state index is 6.02. The van der Waals surface area contributed by atoms with Gasteiger partial charge in [-0.25, -0.2) is 4.68 Å². The van der Waals surface area contributed by atoms with E-state index in [0.717, 1.165) is 36.7 Å². The van der Waals surface area contributed by atoms with Crippen molar-refractivity contribution in [2.24, 2.45) is 0 Å². The van der Waals surface area contributed by atoms with E-state index >= 15 is 0 Å². The monoisotopic (exact) mass is 229 g/mol. The number of rotatable bonds is 2. The van der Waals surface area contributed by atoms with Crippen molar-refractivity contribution < 1.29 is 4.74 Å². The smallest absolute Gasteiger partial charge is 0.0912 e. The van der Waals surface area contributed by atoms with Crippen LogP contribution in [0.25, 0.3) is 5.69 Å². The molecule has 0 aliphatic carbocycles. The second kappa shape index (κ2) is 4.22. The third-order valence-electron chi connectivity index (χ3n) is 3.11. The van der Waals surface area contributed by atoms with Gasteiger partial charge in [-0.15, -0.1) is 0 Å². The van der Waals surface area contributed by atoms with Gasteiger partial charge in [-0.05, 0) is 18.6 Å². The van der Waals surface area contributed by atoms with Crippen LogP contribution in [0.15, 0.2) is 36.5 Å². The number of ether oxygens (including phenoxy) is 1. The summed E-state index contributed by atoms with van der Waals surface area (Å²) in [6.45, 7) is 1.54. The molecule has 0 amide bonds. The Morgan fingerprint density at radius 1 is 1.29 bits per heavy atom. The number of anilines is 1. The lowest BCUT2D eigenvalue weighted by molar-refractivity contribution is 0.193. The molecule has 2 heterocycles. The molecule has 3 rings (SSSR count). The highest BCUT2D eigenvalue weighted by Crippen LogP contribution is 2.28. The zero-order chi connectivity index (χ0) is 11.7. The molecule has 2 aromatic rings. The van der Waals surface area contributed by atoms with Gasteiger partial charge in [0.25, 0.3) is 0 Å². The van der Waals surface area contributed by atoms with E-state index in [1.165, 1.54) is 0 Å². The third-order valence-corrected chi connectivity index (χ3v) is 3.11. The van der Waals surface area contributed by atoms with Crippen LogP contribution in [0.2, 0.25) is 0 Å². The number of nitrogens with zero attached hydrogens (tertiary/aromatic N) is 2. The van der Waals surface area contributed by atoms with Gasteiger partial charge in [-0.1, -0.05) is 18.2 Å². The number of nitrogens with two attached hydrogens (primary N) is 1. The van der Waals surface area contributed by atoms with Crippen LogP contribution in [-0.2, 0) is 4.74 Å². The molecule has 4 nitrogen and oxygen atoms in total. The first-order chi connectivity index (χ1) is 8.34. The van der Waals surface area contributed by atoms with E-state index in [4.69, 9.17) is 10.5 Å². The number of hydrogen-bond donors (Lipinski definition) is 1. The van der Waals surface area contributed by atoms with Crippen molar-refractivity contribution in [3.8, 4) is 5.69 Å². The van der Waals surface area contributed by atoms with E-state index in [2.05, 4.69) is 5.10 Å². The van der Waals surface area contributed by atoms with Crippen LogP contribution in [0.5, 0.6) is 0 Å². The number of nitrogen functional groups attached to an aromatic ring is 1. The minimum absolute atomic E-state index is 0.347. The van der Waals surface area contributed by atoms with Gasteiger partial charge in [0.15, 0.2) is 0 Å². The molecule has 1 aliphatic heterocycles. The minimum Gasteiger partial charge on any atom is -0.396 e. The van der Waals surface area contributed by atoms with Crippen molar-refractivity contribution in [1.82, 2.24) is 9.78 Å². The van der Waals surface area contributed by atoms with Crippen LogP contribution in [0.4, 0.5) is 5.69 Å². The lowest BCUT2D eigenvalue weighted by Gasteiger charge is -2.04. The van der Waals surface area contributed by atoms with Crippen molar-refractivity contribution in [1.29, 1.82) is 0 Å². The summed E-state index contributed by atoms with van der Waals surface area (Å²) in [5.74, 6) is 0.347. The van der Waals surface area contributed by atoms with E-state index in [0.29, 0.717) is 5.92 Å². The standard InChI is InChI=1S/C13H15N3O/c14-12-8-16(11-4-2-1-3-5-11)15-13(12)10-6-7-17-9-10/h1-5,8,10H,6-7,9,14H2. The first-order valence-corrected chi connectivity index (χ1v) is 5.83. The number of benzene rings is 1.